The quantitative estimate of drug-likeness (QED) is 0.353. The van der Waals surface area contributed by atoms with Gasteiger partial charge in [0.15, 0.2) is 5.96 Å². The van der Waals surface area contributed by atoms with Gasteiger partial charge in [0.1, 0.15) is 0 Å². The lowest BCUT2D eigenvalue weighted by molar-refractivity contribution is 0.0793. The molecular formula is C16H34IN3OS. The summed E-state index contributed by atoms with van der Waals surface area (Å²) in [5.74, 6) is 2.20. The standard InChI is InChI=1S/C16H33N3OS.HI/c1-5-8-11-19(4)15(17-6-2)18-14-16(21-7-3)9-12-20-13-10-16;/h5-14H2,1-4H3,(H,17,18);1H. The molecule has 0 saturated carbocycles. The number of thioether (sulfide) groups is 1. The van der Waals surface area contributed by atoms with E-state index >= 15 is 0 Å². The summed E-state index contributed by atoms with van der Waals surface area (Å²) in [6.45, 7) is 11.3. The summed E-state index contributed by atoms with van der Waals surface area (Å²) in [5, 5.41) is 3.43. The second kappa shape index (κ2) is 12.7. The lowest BCUT2D eigenvalue weighted by atomic mass is 9.99. The molecule has 1 aliphatic heterocycles. The molecule has 0 aromatic carbocycles. The maximum atomic E-state index is 5.54. The molecule has 22 heavy (non-hydrogen) atoms. The van der Waals surface area contributed by atoms with Gasteiger partial charge in [-0.15, -0.1) is 24.0 Å². The third kappa shape index (κ3) is 7.73. The van der Waals surface area contributed by atoms with Crippen LogP contribution >= 0.6 is 35.7 Å². The van der Waals surface area contributed by atoms with E-state index in [0.717, 1.165) is 57.4 Å². The Hall–Kier alpha value is 0.310. The van der Waals surface area contributed by atoms with Crippen molar-refractivity contribution in [2.24, 2.45) is 4.99 Å². The third-order valence-corrected chi connectivity index (χ3v) is 5.35. The van der Waals surface area contributed by atoms with Crippen LogP contribution in [0.3, 0.4) is 0 Å². The lowest BCUT2D eigenvalue weighted by Gasteiger charge is -2.35. The van der Waals surface area contributed by atoms with Gasteiger partial charge in [0.2, 0.25) is 0 Å². The predicted molar refractivity (Wildman–Crippen MR) is 110 cm³/mol. The van der Waals surface area contributed by atoms with Crippen molar-refractivity contribution >= 4 is 41.7 Å². The number of hydrogen-bond donors (Lipinski definition) is 1. The molecule has 132 valence electrons. The van der Waals surface area contributed by atoms with E-state index in [0.29, 0.717) is 0 Å². The Morgan fingerprint density at radius 2 is 1.95 bits per heavy atom. The molecule has 0 aromatic heterocycles. The molecule has 0 bridgehead atoms. The van der Waals surface area contributed by atoms with E-state index in [2.05, 4.69) is 49.8 Å². The first-order chi connectivity index (χ1) is 10.2. The van der Waals surface area contributed by atoms with Crippen LogP contribution in [0.15, 0.2) is 4.99 Å². The number of unbranched alkanes of at least 4 members (excludes halogenated alkanes) is 1. The number of hydrogen-bond acceptors (Lipinski definition) is 3. The van der Waals surface area contributed by atoms with Gasteiger partial charge in [-0.2, -0.15) is 11.8 Å². The number of ether oxygens (including phenoxy) is 1. The molecule has 1 fully saturated rings. The summed E-state index contributed by atoms with van der Waals surface area (Å²) in [6.07, 6.45) is 4.67. The van der Waals surface area contributed by atoms with Gasteiger partial charge in [-0.25, -0.2) is 0 Å². The van der Waals surface area contributed by atoms with E-state index in [-0.39, 0.29) is 28.7 Å². The third-order valence-electron chi connectivity index (χ3n) is 3.92. The highest BCUT2D eigenvalue weighted by Gasteiger charge is 2.32. The van der Waals surface area contributed by atoms with E-state index in [1.807, 2.05) is 0 Å². The molecular weight excluding hydrogens is 409 g/mol. The van der Waals surface area contributed by atoms with Crippen LogP contribution in [0.2, 0.25) is 0 Å². The first-order valence-electron chi connectivity index (χ1n) is 8.38. The highest BCUT2D eigenvalue weighted by Crippen LogP contribution is 2.35. The minimum absolute atomic E-state index is 0. The van der Waals surface area contributed by atoms with Gasteiger partial charge in [-0.1, -0.05) is 20.3 Å². The summed E-state index contributed by atoms with van der Waals surface area (Å²) in [6, 6.07) is 0. The number of nitrogens with zero attached hydrogens (tertiary/aromatic N) is 2. The van der Waals surface area contributed by atoms with E-state index in [1.54, 1.807) is 0 Å². The number of guanidine groups is 1. The maximum Gasteiger partial charge on any atom is 0.193 e. The van der Waals surface area contributed by atoms with Crippen LogP contribution in [0.25, 0.3) is 0 Å². The molecule has 0 atom stereocenters. The minimum atomic E-state index is 0. The molecule has 0 radical (unpaired) electrons. The predicted octanol–water partition coefficient (Wildman–Crippen LogP) is 3.60. The fourth-order valence-corrected chi connectivity index (χ4v) is 3.81. The second-order valence-corrected chi connectivity index (χ2v) is 7.41. The van der Waals surface area contributed by atoms with Crippen molar-refractivity contribution in [2.75, 3.05) is 45.6 Å². The van der Waals surface area contributed by atoms with Crippen LogP contribution in [-0.2, 0) is 4.74 Å². The molecule has 1 N–H and O–H groups in total. The first-order valence-corrected chi connectivity index (χ1v) is 9.37. The fraction of sp³-hybridized carbons (Fsp3) is 0.938. The number of halogens is 1. The van der Waals surface area contributed by atoms with Crippen molar-refractivity contribution in [2.45, 2.75) is 51.2 Å². The zero-order valence-corrected chi connectivity index (χ0v) is 17.8. The average molecular weight is 443 g/mol. The van der Waals surface area contributed by atoms with Gasteiger partial charge < -0.3 is 15.0 Å². The molecule has 1 saturated heterocycles. The van der Waals surface area contributed by atoms with Crippen LogP contribution in [-0.4, -0.2) is 61.3 Å². The Labute approximate surface area is 158 Å². The smallest absolute Gasteiger partial charge is 0.193 e. The molecule has 6 heteroatoms. The van der Waals surface area contributed by atoms with Gasteiger partial charge in [-0.3, -0.25) is 4.99 Å². The van der Waals surface area contributed by atoms with Crippen molar-refractivity contribution in [3.05, 3.63) is 0 Å². The normalized spacial score (nSPS) is 17.7. The Balaban J connectivity index is 0.00000441. The second-order valence-electron chi connectivity index (χ2n) is 5.67. The molecule has 0 aliphatic carbocycles. The maximum absolute atomic E-state index is 5.54. The van der Waals surface area contributed by atoms with Gasteiger partial charge in [0, 0.05) is 38.1 Å². The Kier molecular flexibility index (Phi) is 12.9. The summed E-state index contributed by atoms with van der Waals surface area (Å²) < 4.78 is 5.82. The topological polar surface area (TPSA) is 36.9 Å². The van der Waals surface area contributed by atoms with Gasteiger partial charge in [0.25, 0.3) is 0 Å². The first kappa shape index (κ1) is 22.3. The molecule has 1 heterocycles. The zero-order valence-electron chi connectivity index (χ0n) is 14.7. The van der Waals surface area contributed by atoms with Crippen molar-refractivity contribution in [1.82, 2.24) is 10.2 Å². The molecule has 0 aromatic rings. The average Bonchev–Trinajstić information content (AvgIpc) is 2.50. The summed E-state index contributed by atoms with van der Waals surface area (Å²) in [5.41, 5.74) is 0. The molecule has 0 unspecified atom stereocenters. The molecule has 4 nitrogen and oxygen atoms in total. The highest BCUT2D eigenvalue weighted by atomic mass is 127. The van der Waals surface area contributed by atoms with Crippen LogP contribution in [0.4, 0.5) is 0 Å². The monoisotopic (exact) mass is 443 g/mol. The number of nitrogens with one attached hydrogen (secondary N) is 1. The van der Waals surface area contributed by atoms with E-state index in [1.165, 1.54) is 12.8 Å². The Bertz CT molecular complexity index is 304. The summed E-state index contributed by atoms with van der Waals surface area (Å²) >= 11 is 2.06. The van der Waals surface area contributed by atoms with E-state index in [4.69, 9.17) is 9.73 Å². The van der Waals surface area contributed by atoms with Crippen LogP contribution in [0.1, 0.15) is 46.5 Å². The molecule has 1 aliphatic rings. The van der Waals surface area contributed by atoms with Crippen LogP contribution < -0.4 is 5.32 Å². The molecule has 1 rings (SSSR count). The van der Waals surface area contributed by atoms with Crippen molar-refractivity contribution in [3.63, 3.8) is 0 Å². The number of rotatable bonds is 8. The van der Waals surface area contributed by atoms with Gasteiger partial charge in [0.05, 0.1) is 6.54 Å². The minimum Gasteiger partial charge on any atom is -0.381 e. The highest BCUT2D eigenvalue weighted by molar-refractivity contribution is 14.0. The lowest BCUT2D eigenvalue weighted by Crippen LogP contribution is -2.42. The summed E-state index contributed by atoms with van der Waals surface area (Å²) in [4.78, 5) is 7.20. The zero-order chi connectivity index (χ0) is 15.6. The summed E-state index contributed by atoms with van der Waals surface area (Å²) in [7, 11) is 2.14. The van der Waals surface area contributed by atoms with Gasteiger partial charge >= 0.3 is 0 Å². The van der Waals surface area contributed by atoms with Crippen molar-refractivity contribution in [3.8, 4) is 0 Å². The SMILES string of the molecule is CCCCN(C)C(=NCC1(SCC)CCOCC1)NCC.I. The van der Waals surface area contributed by atoms with E-state index in [9.17, 15) is 0 Å². The molecule has 0 amide bonds. The van der Waals surface area contributed by atoms with Crippen LogP contribution in [0.5, 0.6) is 0 Å². The largest absolute Gasteiger partial charge is 0.381 e. The fourth-order valence-electron chi connectivity index (χ4n) is 2.59. The Morgan fingerprint density at radius 3 is 2.50 bits per heavy atom. The molecule has 0 spiro atoms. The Morgan fingerprint density at radius 1 is 1.27 bits per heavy atom. The van der Waals surface area contributed by atoms with Crippen LogP contribution in [0, 0.1) is 0 Å². The number of aliphatic imine (C=N–C) groups is 1. The van der Waals surface area contributed by atoms with Crippen molar-refractivity contribution in [1.29, 1.82) is 0 Å². The van der Waals surface area contributed by atoms with Crippen molar-refractivity contribution < 1.29 is 4.74 Å². The van der Waals surface area contributed by atoms with E-state index < -0.39 is 0 Å². The van der Waals surface area contributed by atoms with Gasteiger partial charge in [-0.05, 0) is 31.9 Å².